The van der Waals surface area contributed by atoms with Crippen LogP contribution in [0.4, 0.5) is 18.0 Å². The van der Waals surface area contributed by atoms with Crippen LogP contribution in [0.5, 0.6) is 5.88 Å². The van der Waals surface area contributed by atoms with Crippen molar-refractivity contribution in [2.45, 2.75) is 6.18 Å². The molecule has 0 radical (unpaired) electrons. The smallest absolute Gasteiger partial charge is 0.437 e. The first-order valence-electron chi connectivity index (χ1n) is 7.19. The van der Waals surface area contributed by atoms with E-state index in [4.69, 9.17) is 4.74 Å². The summed E-state index contributed by atoms with van der Waals surface area (Å²) in [5, 5.41) is 0.289. The minimum Gasteiger partial charge on any atom is -0.437 e. The van der Waals surface area contributed by atoms with E-state index in [0.29, 0.717) is 19.9 Å². The summed E-state index contributed by atoms with van der Waals surface area (Å²) < 4.78 is 53.5. The maximum atomic E-state index is 12.9. The van der Waals surface area contributed by atoms with Crippen molar-refractivity contribution in [2.75, 3.05) is 7.11 Å². The Morgan fingerprint density at radius 3 is 2.56 bits per heavy atom. The maximum absolute atomic E-state index is 12.9. The number of ether oxygens (including phenoxy) is 2. The number of aromatic nitrogens is 3. The van der Waals surface area contributed by atoms with Crippen LogP contribution in [0, 0.1) is 0 Å². The van der Waals surface area contributed by atoms with E-state index in [2.05, 4.69) is 9.11 Å². The Bertz CT molecular complexity index is 1160. The molecule has 27 heavy (non-hydrogen) atoms. The lowest BCUT2D eigenvalue weighted by atomic mass is 10.2. The van der Waals surface area contributed by atoms with Gasteiger partial charge >= 0.3 is 18.0 Å². The molecule has 2 aromatic heterocycles. The molecule has 0 fully saturated rings. The van der Waals surface area contributed by atoms with E-state index in [-0.39, 0.29) is 17.0 Å². The molecule has 0 bridgehead atoms. The van der Waals surface area contributed by atoms with Gasteiger partial charge in [0.15, 0.2) is 0 Å². The summed E-state index contributed by atoms with van der Waals surface area (Å²) in [5.41, 5.74) is -3.69. The number of halogens is 3. The molecular formula is C15H10F3N3O5S. The minimum absolute atomic E-state index is 0.00302. The zero-order valence-electron chi connectivity index (χ0n) is 13.7. The lowest BCUT2D eigenvalue weighted by molar-refractivity contribution is -0.144. The molecule has 0 unspecified atom stereocenters. The molecule has 0 spiro atoms. The summed E-state index contributed by atoms with van der Waals surface area (Å²) in [5.74, 6) is -0.111. The first kappa shape index (κ1) is 18.6. The molecule has 8 nitrogen and oxygen atoms in total. The van der Waals surface area contributed by atoms with Crippen molar-refractivity contribution < 1.29 is 27.4 Å². The van der Waals surface area contributed by atoms with Crippen LogP contribution in [0.1, 0.15) is 5.69 Å². The number of nitrogens with zero attached hydrogens (tertiary/aromatic N) is 3. The van der Waals surface area contributed by atoms with E-state index in [1.165, 1.54) is 18.2 Å². The van der Waals surface area contributed by atoms with Crippen molar-refractivity contribution in [1.29, 1.82) is 0 Å². The lowest BCUT2D eigenvalue weighted by Gasteiger charge is -2.13. The lowest BCUT2D eigenvalue weighted by Crippen LogP contribution is -2.40. The summed E-state index contributed by atoms with van der Waals surface area (Å²) in [6, 6.07) is 4.52. The van der Waals surface area contributed by atoms with Gasteiger partial charge < -0.3 is 9.47 Å². The standard InChI is InChI=1S/C15H10F3N3O5S/c1-20-10(15(16,17)18)6-11(22)21(13(20)23)7-3-4-9-8(5-7)12(19-27-9)26-14(24)25-2/h3-6H,1-2H3. The second-order valence-electron chi connectivity index (χ2n) is 5.27. The predicted octanol–water partition coefficient (Wildman–Crippen LogP) is 2.31. The monoisotopic (exact) mass is 401 g/mol. The number of carbonyl (C=O) groups excluding carboxylic acids is 1. The highest BCUT2D eigenvalue weighted by atomic mass is 32.1. The van der Waals surface area contributed by atoms with Crippen LogP contribution in [-0.4, -0.2) is 26.8 Å². The van der Waals surface area contributed by atoms with Crippen molar-refractivity contribution in [3.05, 3.63) is 50.8 Å². The van der Waals surface area contributed by atoms with Crippen molar-refractivity contribution in [1.82, 2.24) is 13.5 Å². The number of alkyl halides is 3. The Labute approximate surface area is 152 Å². The van der Waals surface area contributed by atoms with Gasteiger partial charge in [-0.05, 0) is 29.7 Å². The average Bonchev–Trinajstić information content (AvgIpc) is 2.99. The number of benzene rings is 1. The van der Waals surface area contributed by atoms with Crippen molar-refractivity contribution in [3.63, 3.8) is 0 Å². The molecule has 3 aromatic rings. The zero-order valence-corrected chi connectivity index (χ0v) is 14.6. The van der Waals surface area contributed by atoms with Gasteiger partial charge in [-0.2, -0.15) is 17.5 Å². The molecule has 142 valence electrons. The van der Waals surface area contributed by atoms with E-state index >= 15 is 0 Å². The third-order valence-electron chi connectivity index (χ3n) is 3.64. The molecule has 0 N–H and O–H groups in total. The van der Waals surface area contributed by atoms with Gasteiger partial charge in [0.05, 0.1) is 22.9 Å². The average molecular weight is 401 g/mol. The third kappa shape index (κ3) is 3.30. The van der Waals surface area contributed by atoms with Crippen LogP contribution in [0.3, 0.4) is 0 Å². The quantitative estimate of drug-likeness (QED) is 0.612. The summed E-state index contributed by atoms with van der Waals surface area (Å²) >= 11 is 0.985. The first-order valence-corrected chi connectivity index (χ1v) is 7.96. The normalized spacial score (nSPS) is 11.6. The fourth-order valence-electron chi connectivity index (χ4n) is 2.37. The van der Waals surface area contributed by atoms with Crippen LogP contribution >= 0.6 is 11.5 Å². The van der Waals surface area contributed by atoms with Gasteiger partial charge in [0.2, 0.25) is 5.88 Å². The molecule has 0 saturated heterocycles. The largest absolute Gasteiger partial charge is 0.514 e. The Kier molecular flexibility index (Phi) is 4.51. The summed E-state index contributed by atoms with van der Waals surface area (Å²) in [6.45, 7) is 0. The SMILES string of the molecule is COC(=O)Oc1nsc2ccc(-n3c(=O)cc(C(F)(F)F)n(C)c3=O)cc12. The molecule has 0 aliphatic heterocycles. The number of carbonyl (C=O) groups is 1. The van der Waals surface area contributed by atoms with Gasteiger partial charge in [-0.1, -0.05) is 0 Å². The highest BCUT2D eigenvalue weighted by Gasteiger charge is 2.35. The van der Waals surface area contributed by atoms with E-state index < -0.39 is 29.3 Å². The number of hydrogen-bond donors (Lipinski definition) is 0. The van der Waals surface area contributed by atoms with Gasteiger partial charge in [-0.25, -0.2) is 14.2 Å². The maximum Gasteiger partial charge on any atom is 0.514 e. The second-order valence-corrected chi connectivity index (χ2v) is 6.07. The molecular weight excluding hydrogens is 391 g/mol. The van der Waals surface area contributed by atoms with Crippen molar-refractivity contribution >= 4 is 27.8 Å². The third-order valence-corrected chi connectivity index (χ3v) is 4.45. The molecule has 12 heteroatoms. The Balaban J connectivity index is 2.20. The highest BCUT2D eigenvalue weighted by Crippen LogP contribution is 2.31. The molecule has 0 aliphatic carbocycles. The van der Waals surface area contributed by atoms with Gasteiger partial charge in [0, 0.05) is 13.1 Å². The summed E-state index contributed by atoms with van der Waals surface area (Å²) in [4.78, 5) is 35.8. The van der Waals surface area contributed by atoms with Crippen LogP contribution in [0.25, 0.3) is 15.8 Å². The van der Waals surface area contributed by atoms with Gasteiger partial charge in [0.25, 0.3) is 5.56 Å². The number of hydrogen-bond acceptors (Lipinski definition) is 7. The van der Waals surface area contributed by atoms with Crippen LogP contribution in [0.2, 0.25) is 0 Å². The Morgan fingerprint density at radius 2 is 1.93 bits per heavy atom. The Morgan fingerprint density at radius 1 is 1.22 bits per heavy atom. The second kappa shape index (κ2) is 6.54. The molecule has 1 aromatic carbocycles. The molecule has 0 saturated carbocycles. The van der Waals surface area contributed by atoms with Crippen molar-refractivity contribution in [2.24, 2.45) is 7.05 Å². The summed E-state index contributed by atoms with van der Waals surface area (Å²) in [7, 11) is 2.02. The number of rotatable bonds is 2. The van der Waals surface area contributed by atoms with Crippen LogP contribution in [0.15, 0.2) is 33.9 Å². The van der Waals surface area contributed by atoms with Gasteiger partial charge in [-0.3, -0.25) is 9.36 Å². The van der Waals surface area contributed by atoms with Gasteiger partial charge in [-0.15, -0.1) is 0 Å². The predicted molar refractivity (Wildman–Crippen MR) is 88.5 cm³/mol. The highest BCUT2D eigenvalue weighted by molar-refractivity contribution is 7.13. The Hall–Kier alpha value is -3.15. The van der Waals surface area contributed by atoms with E-state index in [1.807, 2.05) is 0 Å². The minimum atomic E-state index is -4.85. The molecule has 0 amide bonds. The van der Waals surface area contributed by atoms with Crippen LogP contribution < -0.4 is 16.0 Å². The van der Waals surface area contributed by atoms with E-state index in [9.17, 15) is 27.6 Å². The van der Waals surface area contributed by atoms with Crippen LogP contribution in [-0.2, 0) is 18.0 Å². The molecule has 0 aliphatic rings. The molecule has 0 atom stereocenters. The fraction of sp³-hybridized carbons (Fsp3) is 0.200. The topological polar surface area (TPSA) is 92.4 Å². The first-order chi connectivity index (χ1) is 12.6. The molecule has 3 rings (SSSR count). The summed E-state index contributed by atoms with van der Waals surface area (Å²) in [6.07, 6.45) is -5.87. The van der Waals surface area contributed by atoms with E-state index in [0.717, 1.165) is 25.7 Å². The van der Waals surface area contributed by atoms with Crippen molar-refractivity contribution in [3.8, 4) is 11.6 Å². The number of fused-ring (bicyclic) bond motifs is 1. The van der Waals surface area contributed by atoms with E-state index in [1.54, 1.807) is 0 Å². The fourth-order valence-corrected chi connectivity index (χ4v) is 3.06. The number of methoxy groups -OCH3 is 1. The zero-order chi connectivity index (χ0) is 19.9. The molecule has 2 heterocycles. The van der Waals surface area contributed by atoms with Gasteiger partial charge in [0.1, 0.15) is 5.69 Å².